The van der Waals surface area contributed by atoms with Crippen molar-refractivity contribution < 1.29 is 0 Å². The lowest BCUT2D eigenvalue weighted by Crippen LogP contribution is -2.35. The average Bonchev–Trinajstić information content (AvgIpc) is 3.02. The van der Waals surface area contributed by atoms with E-state index in [0.29, 0.717) is 0 Å². The zero-order valence-electron chi connectivity index (χ0n) is 11.4. The van der Waals surface area contributed by atoms with Crippen LogP contribution in [0.1, 0.15) is 31.2 Å². The highest BCUT2D eigenvalue weighted by molar-refractivity contribution is 9.09. The van der Waals surface area contributed by atoms with Crippen molar-refractivity contribution >= 4 is 27.7 Å². The Balaban J connectivity index is 1.55. The number of halogens is 1. The second kappa shape index (κ2) is 6.64. The predicted octanol–water partition coefficient (Wildman–Crippen LogP) is 4.34. The number of likely N-dealkylation sites (tertiary alicyclic amines) is 1. The molecule has 2 heterocycles. The maximum Gasteiger partial charge on any atom is 0.0263 e. The van der Waals surface area contributed by atoms with Crippen LogP contribution in [0.5, 0.6) is 0 Å². The molecule has 2 aliphatic heterocycles. The Morgan fingerprint density at radius 3 is 3.05 bits per heavy atom. The van der Waals surface area contributed by atoms with Gasteiger partial charge in [0.25, 0.3) is 0 Å². The van der Waals surface area contributed by atoms with Gasteiger partial charge in [-0.3, -0.25) is 4.90 Å². The van der Waals surface area contributed by atoms with Crippen molar-refractivity contribution in [2.45, 2.75) is 48.3 Å². The minimum absolute atomic E-state index is 0.780. The summed E-state index contributed by atoms with van der Waals surface area (Å²) < 4.78 is 0. The smallest absolute Gasteiger partial charge is 0.0263 e. The Labute approximate surface area is 129 Å². The second-order valence-corrected chi connectivity index (χ2v) is 7.81. The highest BCUT2D eigenvalue weighted by Gasteiger charge is 2.29. The molecule has 1 aromatic carbocycles. The van der Waals surface area contributed by atoms with Crippen molar-refractivity contribution in [2.24, 2.45) is 0 Å². The van der Waals surface area contributed by atoms with Gasteiger partial charge in [0.2, 0.25) is 0 Å². The Bertz CT molecular complexity index is 398. The van der Waals surface area contributed by atoms with Crippen LogP contribution in [0.3, 0.4) is 0 Å². The van der Waals surface area contributed by atoms with Gasteiger partial charge >= 0.3 is 0 Å². The molecule has 0 amide bonds. The van der Waals surface area contributed by atoms with Gasteiger partial charge in [0, 0.05) is 28.1 Å². The predicted molar refractivity (Wildman–Crippen MR) is 87.4 cm³/mol. The molecule has 2 aliphatic rings. The molecule has 3 rings (SSSR count). The number of nitrogens with zero attached hydrogens (tertiary/aromatic N) is 1. The molecule has 0 aromatic heterocycles. The van der Waals surface area contributed by atoms with Crippen molar-refractivity contribution in [3.05, 3.63) is 29.8 Å². The Kier molecular flexibility index (Phi) is 4.88. The summed E-state index contributed by atoms with van der Waals surface area (Å²) in [4.78, 5) is 4.27. The van der Waals surface area contributed by atoms with Crippen LogP contribution < -0.4 is 0 Å². The Morgan fingerprint density at radius 1 is 1.32 bits per heavy atom. The lowest BCUT2D eigenvalue weighted by Gasteiger charge is -2.26. The molecule has 3 heteroatoms. The van der Waals surface area contributed by atoms with Crippen LogP contribution in [0.15, 0.2) is 29.2 Å². The highest BCUT2D eigenvalue weighted by Crippen LogP contribution is 2.38. The standard InChI is InChI=1S/C16H22BrNS/c17-9-3-6-14-7-4-10-18(14)12-15-11-13-5-1-2-8-16(13)19-15/h1-2,5,8,14-15H,3-4,6-7,9-12H2. The normalized spacial score (nSPS) is 26.8. The van der Waals surface area contributed by atoms with Crippen LogP contribution in [0.2, 0.25) is 0 Å². The largest absolute Gasteiger partial charge is 0.299 e. The second-order valence-electron chi connectivity index (χ2n) is 5.67. The molecule has 104 valence electrons. The molecular formula is C16H22BrNS. The Hall–Kier alpha value is 0.01000. The number of alkyl halides is 1. The molecule has 2 unspecified atom stereocenters. The monoisotopic (exact) mass is 339 g/mol. The first kappa shape index (κ1) is 14.0. The molecule has 0 saturated carbocycles. The van der Waals surface area contributed by atoms with Crippen LogP contribution in [-0.2, 0) is 6.42 Å². The van der Waals surface area contributed by atoms with E-state index in [0.717, 1.165) is 16.6 Å². The molecule has 1 fully saturated rings. The summed E-state index contributed by atoms with van der Waals surface area (Å²) in [6.07, 6.45) is 6.77. The highest BCUT2D eigenvalue weighted by atomic mass is 79.9. The third kappa shape index (κ3) is 3.37. The van der Waals surface area contributed by atoms with Crippen LogP contribution in [0, 0.1) is 0 Å². The topological polar surface area (TPSA) is 3.24 Å². The van der Waals surface area contributed by atoms with E-state index in [1.54, 1.807) is 5.56 Å². The van der Waals surface area contributed by atoms with Gasteiger partial charge in [-0.1, -0.05) is 34.1 Å². The molecule has 1 nitrogen and oxygen atoms in total. The summed E-state index contributed by atoms with van der Waals surface area (Å²) in [6.45, 7) is 2.60. The van der Waals surface area contributed by atoms with Gasteiger partial charge < -0.3 is 0 Å². The van der Waals surface area contributed by atoms with E-state index in [4.69, 9.17) is 0 Å². The third-order valence-corrected chi connectivity index (χ3v) is 6.18. The lowest BCUT2D eigenvalue weighted by atomic mass is 10.1. The van der Waals surface area contributed by atoms with Crippen molar-refractivity contribution in [2.75, 3.05) is 18.4 Å². The number of fused-ring (bicyclic) bond motifs is 1. The van der Waals surface area contributed by atoms with Gasteiger partial charge in [0.1, 0.15) is 0 Å². The van der Waals surface area contributed by atoms with Gasteiger partial charge in [0.15, 0.2) is 0 Å². The molecule has 0 radical (unpaired) electrons. The number of benzene rings is 1. The van der Waals surface area contributed by atoms with Crippen LogP contribution in [-0.4, -0.2) is 34.6 Å². The van der Waals surface area contributed by atoms with Crippen LogP contribution >= 0.6 is 27.7 Å². The first-order valence-electron chi connectivity index (χ1n) is 7.41. The van der Waals surface area contributed by atoms with E-state index < -0.39 is 0 Å². The molecule has 2 atom stereocenters. The van der Waals surface area contributed by atoms with Crippen LogP contribution in [0.25, 0.3) is 0 Å². The first-order chi connectivity index (χ1) is 9.36. The Morgan fingerprint density at radius 2 is 2.21 bits per heavy atom. The molecule has 0 spiro atoms. The van der Waals surface area contributed by atoms with Gasteiger partial charge in [-0.05, 0) is 50.3 Å². The summed E-state index contributed by atoms with van der Waals surface area (Å²) in [5, 5.41) is 1.93. The number of rotatable bonds is 5. The fraction of sp³-hybridized carbons (Fsp3) is 0.625. The molecule has 0 aliphatic carbocycles. The number of thioether (sulfide) groups is 1. The lowest BCUT2D eigenvalue weighted by molar-refractivity contribution is 0.243. The SMILES string of the molecule is BrCCCC1CCCN1CC1Cc2ccccc2S1. The average molecular weight is 340 g/mol. The van der Waals surface area contributed by atoms with Crippen molar-refractivity contribution in [3.63, 3.8) is 0 Å². The fourth-order valence-corrected chi connectivity index (χ4v) is 5.06. The number of hydrogen-bond donors (Lipinski definition) is 0. The van der Waals surface area contributed by atoms with E-state index in [2.05, 4.69) is 56.9 Å². The molecule has 1 saturated heterocycles. The maximum atomic E-state index is 3.56. The minimum atomic E-state index is 0.780. The van der Waals surface area contributed by atoms with Crippen molar-refractivity contribution in [1.29, 1.82) is 0 Å². The van der Waals surface area contributed by atoms with Crippen molar-refractivity contribution in [3.8, 4) is 0 Å². The zero-order valence-corrected chi connectivity index (χ0v) is 13.8. The summed E-state index contributed by atoms with van der Waals surface area (Å²) in [6, 6.07) is 9.78. The quantitative estimate of drug-likeness (QED) is 0.734. The fourth-order valence-electron chi connectivity index (χ4n) is 3.39. The first-order valence-corrected chi connectivity index (χ1v) is 9.41. The van der Waals surface area contributed by atoms with E-state index in [9.17, 15) is 0 Å². The van der Waals surface area contributed by atoms with Gasteiger partial charge in [0.05, 0.1) is 0 Å². The zero-order chi connectivity index (χ0) is 13.1. The number of hydrogen-bond acceptors (Lipinski definition) is 2. The van der Waals surface area contributed by atoms with Gasteiger partial charge in [-0.25, -0.2) is 0 Å². The summed E-state index contributed by atoms with van der Waals surface area (Å²) in [5.74, 6) is 0. The molecule has 0 N–H and O–H groups in total. The minimum Gasteiger partial charge on any atom is -0.299 e. The van der Waals surface area contributed by atoms with Crippen molar-refractivity contribution in [1.82, 2.24) is 4.90 Å². The molecule has 19 heavy (non-hydrogen) atoms. The van der Waals surface area contributed by atoms with E-state index in [1.165, 1.54) is 50.1 Å². The summed E-state index contributed by atoms with van der Waals surface area (Å²) in [7, 11) is 0. The van der Waals surface area contributed by atoms with E-state index in [-0.39, 0.29) is 0 Å². The summed E-state index contributed by atoms with van der Waals surface area (Å²) in [5.41, 5.74) is 1.56. The molecular weight excluding hydrogens is 318 g/mol. The van der Waals surface area contributed by atoms with Crippen LogP contribution in [0.4, 0.5) is 0 Å². The van der Waals surface area contributed by atoms with Gasteiger partial charge in [-0.2, -0.15) is 0 Å². The molecule has 0 bridgehead atoms. The van der Waals surface area contributed by atoms with Gasteiger partial charge in [-0.15, -0.1) is 11.8 Å². The maximum absolute atomic E-state index is 3.56. The van der Waals surface area contributed by atoms with E-state index in [1.807, 2.05) is 0 Å². The van der Waals surface area contributed by atoms with E-state index >= 15 is 0 Å². The summed E-state index contributed by atoms with van der Waals surface area (Å²) >= 11 is 5.66. The third-order valence-electron chi connectivity index (χ3n) is 4.32. The molecule has 1 aromatic rings.